The quantitative estimate of drug-likeness (QED) is 0.627. The highest BCUT2D eigenvalue weighted by Gasteiger charge is 2.29. The van der Waals surface area contributed by atoms with Crippen LogP contribution in [-0.4, -0.2) is 16.1 Å². The van der Waals surface area contributed by atoms with Crippen LogP contribution < -0.4 is 10.6 Å². The zero-order chi connectivity index (χ0) is 19.7. The molecular weight excluding hydrogens is 372 g/mol. The third kappa shape index (κ3) is 3.33. The number of carbonyl (C=O) groups excluding carboxylic acids is 1. The monoisotopic (exact) mass is 388 g/mol. The lowest BCUT2D eigenvalue weighted by Crippen LogP contribution is -2.42. The second-order valence-corrected chi connectivity index (χ2v) is 7.25. The first-order valence-electron chi connectivity index (χ1n) is 8.59. The number of rotatable bonds is 3. The van der Waals surface area contributed by atoms with E-state index in [2.05, 4.69) is 16.7 Å². The highest BCUT2D eigenvalue weighted by Crippen LogP contribution is 2.37. The van der Waals surface area contributed by atoms with E-state index in [9.17, 15) is 9.90 Å². The molecule has 1 aromatic heterocycles. The third-order valence-electron chi connectivity index (χ3n) is 4.52. The van der Waals surface area contributed by atoms with E-state index < -0.39 is 6.04 Å². The number of nitrogens with one attached hydrogen (secondary N) is 2. The number of thiazole rings is 1. The van der Waals surface area contributed by atoms with E-state index in [0.29, 0.717) is 5.56 Å². The number of benzene rings is 2. The predicted molar refractivity (Wildman–Crippen MR) is 107 cm³/mol. The number of carbonyl (C=O) groups is 1. The summed E-state index contributed by atoms with van der Waals surface area (Å²) in [5.74, 6) is 0.139. The van der Waals surface area contributed by atoms with E-state index in [1.54, 1.807) is 30.3 Å². The Balaban J connectivity index is 1.75. The number of phenols is 1. The molecule has 0 saturated carbocycles. The Kier molecular flexibility index (Phi) is 4.55. The second kappa shape index (κ2) is 7.18. The summed E-state index contributed by atoms with van der Waals surface area (Å²) in [7, 11) is 0. The van der Waals surface area contributed by atoms with Gasteiger partial charge in [0.15, 0.2) is 0 Å². The minimum Gasteiger partial charge on any atom is -0.508 e. The van der Waals surface area contributed by atoms with Crippen LogP contribution in [0.1, 0.15) is 29.1 Å². The minimum atomic E-state index is -0.416. The van der Waals surface area contributed by atoms with E-state index in [1.807, 2.05) is 30.5 Å². The molecule has 0 unspecified atom stereocenters. The van der Waals surface area contributed by atoms with Crippen LogP contribution in [0.3, 0.4) is 0 Å². The molecule has 7 heteroatoms. The van der Waals surface area contributed by atoms with Crippen molar-refractivity contribution in [2.24, 2.45) is 0 Å². The van der Waals surface area contributed by atoms with Crippen molar-refractivity contribution in [1.29, 1.82) is 5.26 Å². The second-order valence-electron chi connectivity index (χ2n) is 6.39. The Bertz CT molecular complexity index is 1130. The zero-order valence-electron chi connectivity index (χ0n) is 14.9. The third-order valence-corrected chi connectivity index (χ3v) is 5.39. The van der Waals surface area contributed by atoms with Gasteiger partial charge in [-0.1, -0.05) is 24.3 Å². The summed E-state index contributed by atoms with van der Waals surface area (Å²) in [4.78, 5) is 16.8. The molecule has 0 radical (unpaired) electrons. The highest BCUT2D eigenvalue weighted by molar-refractivity contribution is 7.11. The normalized spacial score (nSPS) is 16.3. The van der Waals surface area contributed by atoms with E-state index in [1.165, 1.54) is 11.3 Å². The van der Waals surface area contributed by atoms with Crippen molar-refractivity contribution in [3.05, 3.63) is 75.7 Å². The van der Waals surface area contributed by atoms with Crippen molar-refractivity contribution in [1.82, 2.24) is 15.6 Å². The molecule has 0 saturated heterocycles. The van der Waals surface area contributed by atoms with Crippen LogP contribution in [0.15, 0.2) is 59.6 Å². The summed E-state index contributed by atoms with van der Waals surface area (Å²) in [6.45, 7) is 1.84. The number of aromatic hydroxyl groups is 1. The molecule has 2 amide bonds. The zero-order valence-corrected chi connectivity index (χ0v) is 15.7. The highest BCUT2D eigenvalue weighted by atomic mass is 32.1. The number of amides is 2. The maximum absolute atomic E-state index is 12.0. The van der Waals surface area contributed by atoms with Crippen LogP contribution in [-0.2, 0) is 0 Å². The largest absolute Gasteiger partial charge is 0.508 e. The molecule has 3 N–H and O–H groups in total. The Morgan fingerprint density at radius 1 is 1.21 bits per heavy atom. The molecule has 2 aromatic carbocycles. The van der Waals surface area contributed by atoms with Gasteiger partial charge < -0.3 is 15.7 Å². The first-order valence-corrected chi connectivity index (χ1v) is 9.47. The molecule has 4 rings (SSSR count). The van der Waals surface area contributed by atoms with Crippen LogP contribution in [0.2, 0.25) is 0 Å². The van der Waals surface area contributed by atoms with Crippen molar-refractivity contribution in [3.8, 4) is 23.1 Å². The van der Waals surface area contributed by atoms with E-state index in [0.717, 1.165) is 33.1 Å². The van der Waals surface area contributed by atoms with Gasteiger partial charge in [0.1, 0.15) is 10.8 Å². The number of allylic oxidation sites excluding steroid dienone is 1. The van der Waals surface area contributed by atoms with Gasteiger partial charge in [0.2, 0.25) is 0 Å². The summed E-state index contributed by atoms with van der Waals surface area (Å²) < 4.78 is 0. The molecule has 0 spiro atoms. The Morgan fingerprint density at radius 2 is 2.00 bits per heavy atom. The van der Waals surface area contributed by atoms with Crippen molar-refractivity contribution in [2.45, 2.75) is 13.0 Å². The first-order chi connectivity index (χ1) is 13.5. The van der Waals surface area contributed by atoms with Gasteiger partial charge in [-0.25, -0.2) is 9.78 Å². The maximum Gasteiger partial charge on any atom is 0.319 e. The fraction of sp³-hybridized carbons (Fsp3) is 0.0952. The smallest absolute Gasteiger partial charge is 0.319 e. The van der Waals surface area contributed by atoms with Gasteiger partial charge in [0.05, 0.1) is 23.4 Å². The first kappa shape index (κ1) is 17.8. The summed E-state index contributed by atoms with van der Waals surface area (Å²) in [6, 6.07) is 15.5. The van der Waals surface area contributed by atoms with Gasteiger partial charge >= 0.3 is 6.03 Å². The Hall–Kier alpha value is -3.63. The molecular formula is C21H16N4O2S. The molecule has 3 aromatic rings. The van der Waals surface area contributed by atoms with Gasteiger partial charge in [0, 0.05) is 22.2 Å². The summed E-state index contributed by atoms with van der Waals surface area (Å²) in [5, 5.41) is 27.2. The molecule has 1 atom stereocenters. The number of aromatic nitrogens is 1. The fourth-order valence-corrected chi connectivity index (χ4v) is 4.14. The van der Waals surface area contributed by atoms with Gasteiger partial charge in [0.25, 0.3) is 0 Å². The lowest BCUT2D eigenvalue weighted by atomic mass is 9.96. The Labute approximate surface area is 165 Å². The van der Waals surface area contributed by atoms with Crippen LogP contribution in [0.5, 0.6) is 5.75 Å². The van der Waals surface area contributed by atoms with Crippen LogP contribution in [0.25, 0.3) is 16.8 Å². The lowest BCUT2D eigenvalue weighted by molar-refractivity contribution is 0.240. The summed E-state index contributed by atoms with van der Waals surface area (Å²) in [6.07, 6.45) is 0. The molecule has 0 bridgehead atoms. The number of phenolic OH excluding ortho intramolecular Hbond substituents is 1. The van der Waals surface area contributed by atoms with Gasteiger partial charge in [-0.05, 0) is 36.8 Å². The van der Waals surface area contributed by atoms with Crippen molar-refractivity contribution in [2.75, 3.05) is 0 Å². The minimum absolute atomic E-state index is 0.139. The average Bonchev–Trinajstić information content (AvgIpc) is 3.17. The standard InChI is InChI=1S/C21H16N4O2S/c1-12-18(19(25-21(27)23-12)15-3-2-4-16(26)9-15)20-24-17(11-28-20)14-7-5-13(10-22)6-8-14/h2-9,11,19,26H,1H3,(H2,23,25,27)/t19-/m0/s1. The molecule has 2 heterocycles. The Morgan fingerprint density at radius 3 is 2.71 bits per heavy atom. The molecule has 6 nitrogen and oxygen atoms in total. The summed E-state index contributed by atoms with van der Waals surface area (Å²) in [5.41, 5.74) is 4.67. The molecule has 28 heavy (non-hydrogen) atoms. The van der Waals surface area contributed by atoms with Crippen LogP contribution in [0.4, 0.5) is 4.79 Å². The van der Waals surface area contributed by atoms with Gasteiger partial charge in [-0.2, -0.15) is 5.26 Å². The topological polar surface area (TPSA) is 98.0 Å². The van der Waals surface area contributed by atoms with Crippen molar-refractivity contribution < 1.29 is 9.90 Å². The molecule has 138 valence electrons. The number of nitriles is 1. The SMILES string of the molecule is CC1=C(c2nc(-c3ccc(C#N)cc3)cs2)[C@H](c2cccc(O)c2)NC(=O)N1. The number of hydrogen-bond acceptors (Lipinski definition) is 5. The predicted octanol–water partition coefficient (Wildman–Crippen LogP) is 4.17. The van der Waals surface area contributed by atoms with Gasteiger partial charge in [-0.15, -0.1) is 11.3 Å². The summed E-state index contributed by atoms with van der Waals surface area (Å²) >= 11 is 1.48. The van der Waals surface area contributed by atoms with Crippen LogP contribution >= 0.6 is 11.3 Å². The van der Waals surface area contributed by atoms with E-state index >= 15 is 0 Å². The van der Waals surface area contributed by atoms with Crippen molar-refractivity contribution in [3.63, 3.8) is 0 Å². The molecule has 1 aliphatic heterocycles. The number of nitrogens with zero attached hydrogens (tertiary/aromatic N) is 2. The van der Waals surface area contributed by atoms with Gasteiger partial charge in [-0.3, -0.25) is 0 Å². The van der Waals surface area contributed by atoms with Crippen molar-refractivity contribution >= 4 is 22.9 Å². The van der Waals surface area contributed by atoms with E-state index in [4.69, 9.17) is 10.2 Å². The maximum atomic E-state index is 12.0. The molecule has 1 aliphatic rings. The van der Waals surface area contributed by atoms with E-state index in [-0.39, 0.29) is 11.8 Å². The number of hydrogen-bond donors (Lipinski definition) is 3. The fourth-order valence-electron chi connectivity index (χ4n) is 3.18. The van der Waals surface area contributed by atoms with Crippen LogP contribution in [0, 0.1) is 11.3 Å². The molecule has 0 fully saturated rings. The lowest BCUT2D eigenvalue weighted by Gasteiger charge is -2.28. The number of urea groups is 1. The average molecular weight is 388 g/mol. The molecule has 0 aliphatic carbocycles.